The molecule has 9 nitrogen and oxygen atoms in total. The van der Waals surface area contributed by atoms with Crippen LogP contribution in [-0.4, -0.2) is 87.4 Å². The van der Waals surface area contributed by atoms with E-state index in [0.29, 0.717) is 17.4 Å². The summed E-state index contributed by atoms with van der Waals surface area (Å²) < 4.78 is 23.0. The number of hydrogen-bond donors (Lipinski definition) is 1. The number of carbonyl (C=O) groups excluding carboxylic acids is 2. The smallest absolute Gasteiger partial charge is 0.361 e. The second-order valence-electron chi connectivity index (χ2n) is 27.3. The van der Waals surface area contributed by atoms with Crippen LogP contribution in [0, 0.1) is 0 Å². The lowest BCUT2D eigenvalue weighted by Crippen LogP contribution is -2.40. The predicted octanol–water partition coefficient (Wildman–Crippen LogP) is 24.9. The molecule has 1 N–H and O–H groups in total. The molecule has 0 saturated heterocycles. The fourth-order valence-electron chi connectivity index (χ4n) is 11.2. The van der Waals surface area contributed by atoms with Gasteiger partial charge in [-0.2, -0.15) is 0 Å². The number of allylic oxidation sites excluding steroid dienone is 18. The van der Waals surface area contributed by atoms with Crippen molar-refractivity contribution < 1.29 is 42.9 Å². The summed E-state index contributed by atoms with van der Waals surface area (Å²) in [7, 11) is 5.99. The molecular formula is C84H148NO8+. The van der Waals surface area contributed by atoms with E-state index >= 15 is 0 Å². The number of unbranched alkanes of at least 4 members (excludes halogenated alkanes) is 39. The standard InChI is InChI=1S/C84H147NO8/c1-6-8-10-12-14-16-18-20-22-24-26-28-30-32-34-35-36-37-38-39-40-41-42-43-44-45-46-47-49-51-53-55-57-59-61-63-65-67-69-71-73-75-82(87)93-80(79-92-84(83(88)89)90-77-76-85(3,4)5)78-91-81(86)74-72-70-68-66-64-62-60-58-56-54-52-50-48-33-31-29-27-25-23-21-19-17-15-13-11-9-7-2/h8-11,14-17,20-23,26-29,32,34,80,84H,6-7,12-13,18-19,24-25,30-31,33,35-79H2,1-5H3/p+1/b10-8-,11-9-,16-14-,17-15-,22-20-,23-21-,28-26-,29-27-,34-32-. The molecule has 0 rings (SSSR count). The van der Waals surface area contributed by atoms with Crippen LogP contribution >= 0.6 is 0 Å². The van der Waals surface area contributed by atoms with Gasteiger partial charge in [0, 0.05) is 12.8 Å². The SMILES string of the molecule is CC/C=C\C/C=C\C/C=C\C/C=C\C/C=C\CCCCCCCCCCCCCCCCCCCCCCCCCCCC(=O)OC(COC(=O)CCCCCCCCCCCCCCCC/C=C\C/C=C\C/C=C\C/C=C\CC)COC(OCC[N+](C)(C)C)C(=O)O. The molecule has 0 aliphatic heterocycles. The number of ether oxygens (including phenoxy) is 4. The Kier molecular flexibility index (Phi) is 70.5. The van der Waals surface area contributed by atoms with Crippen molar-refractivity contribution in [3.8, 4) is 0 Å². The lowest BCUT2D eigenvalue weighted by atomic mass is 10.0. The van der Waals surface area contributed by atoms with Crippen molar-refractivity contribution in [3.05, 3.63) is 109 Å². The summed E-state index contributed by atoms with van der Waals surface area (Å²) in [6.07, 6.45) is 101. The molecule has 93 heavy (non-hydrogen) atoms. The highest BCUT2D eigenvalue weighted by molar-refractivity contribution is 5.71. The molecule has 0 heterocycles. The maximum atomic E-state index is 13.0. The Bertz CT molecular complexity index is 1900. The van der Waals surface area contributed by atoms with Crippen LogP contribution in [0.5, 0.6) is 0 Å². The number of likely N-dealkylation sites (N-methyl/N-ethyl adjacent to an activating group) is 1. The molecule has 0 aromatic carbocycles. The number of carbonyl (C=O) groups is 3. The van der Waals surface area contributed by atoms with Crippen LogP contribution in [0.3, 0.4) is 0 Å². The van der Waals surface area contributed by atoms with Gasteiger partial charge in [0.1, 0.15) is 13.2 Å². The maximum Gasteiger partial charge on any atom is 0.361 e. The summed E-state index contributed by atoms with van der Waals surface area (Å²) in [5.74, 6) is -1.99. The molecular weight excluding hydrogens is 1150 g/mol. The van der Waals surface area contributed by atoms with E-state index in [1.807, 2.05) is 21.1 Å². The maximum absolute atomic E-state index is 13.0. The van der Waals surface area contributed by atoms with Crippen molar-refractivity contribution in [2.45, 2.75) is 360 Å². The summed E-state index contributed by atoms with van der Waals surface area (Å²) in [6, 6.07) is 0. The average molecular weight is 1300 g/mol. The highest BCUT2D eigenvalue weighted by Crippen LogP contribution is 2.19. The minimum absolute atomic E-state index is 0.182. The van der Waals surface area contributed by atoms with Gasteiger partial charge in [-0.3, -0.25) is 9.59 Å². The third kappa shape index (κ3) is 75.2. The van der Waals surface area contributed by atoms with Gasteiger partial charge in [0.25, 0.3) is 6.29 Å². The molecule has 0 aromatic rings. The van der Waals surface area contributed by atoms with E-state index in [9.17, 15) is 19.5 Å². The van der Waals surface area contributed by atoms with Gasteiger partial charge in [-0.15, -0.1) is 0 Å². The molecule has 0 saturated carbocycles. The summed E-state index contributed by atoms with van der Waals surface area (Å²) in [6.45, 7) is 4.69. The van der Waals surface area contributed by atoms with Crippen LogP contribution in [0.4, 0.5) is 0 Å². The van der Waals surface area contributed by atoms with Gasteiger partial charge in [-0.1, -0.05) is 348 Å². The van der Waals surface area contributed by atoms with Crippen LogP contribution in [0.2, 0.25) is 0 Å². The second-order valence-corrected chi connectivity index (χ2v) is 27.3. The van der Waals surface area contributed by atoms with Crippen molar-refractivity contribution in [1.82, 2.24) is 0 Å². The van der Waals surface area contributed by atoms with Crippen molar-refractivity contribution in [3.63, 3.8) is 0 Å². The number of nitrogens with zero attached hydrogens (tertiary/aromatic N) is 1. The molecule has 9 heteroatoms. The average Bonchev–Trinajstić information content (AvgIpc) is 3.38. The molecule has 0 aliphatic rings. The third-order valence-corrected chi connectivity index (χ3v) is 17.0. The Balaban J connectivity index is 3.98. The number of rotatable bonds is 72. The normalized spacial score (nSPS) is 13.3. The summed E-state index contributed by atoms with van der Waals surface area (Å²) in [5.41, 5.74) is 0. The van der Waals surface area contributed by atoms with Crippen LogP contribution in [-0.2, 0) is 33.3 Å². The zero-order valence-corrected chi connectivity index (χ0v) is 61.4. The second kappa shape index (κ2) is 73.8. The number of quaternary nitrogens is 1. The number of carboxylic acid groups (broad SMARTS) is 1. The van der Waals surface area contributed by atoms with E-state index in [1.54, 1.807) is 0 Å². The first-order valence-corrected chi connectivity index (χ1v) is 39.1. The Morgan fingerprint density at radius 3 is 0.860 bits per heavy atom. The first-order valence-electron chi connectivity index (χ1n) is 39.1. The van der Waals surface area contributed by atoms with Gasteiger partial charge in [0.05, 0.1) is 34.4 Å². The highest BCUT2D eigenvalue weighted by Gasteiger charge is 2.25. The molecule has 536 valence electrons. The molecule has 0 bridgehead atoms. The van der Waals surface area contributed by atoms with Crippen molar-refractivity contribution in [1.29, 1.82) is 0 Å². The topological polar surface area (TPSA) is 108 Å². The van der Waals surface area contributed by atoms with Gasteiger partial charge in [0.15, 0.2) is 6.10 Å². The quantitative estimate of drug-likeness (QED) is 0.0211. The highest BCUT2D eigenvalue weighted by atomic mass is 16.7. The summed E-state index contributed by atoms with van der Waals surface area (Å²) >= 11 is 0. The van der Waals surface area contributed by atoms with Crippen LogP contribution in [0.15, 0.2) is 109 Å². The van der Waals surface area contributed by atoms with Crippen molar-refractivity contribution in [2.75, 3.05) is 47.5 Å². The molecule has 0 aliphatic carbocycles. The molecule has 2 atom stereocenters. The van der Waals surface area contributed by atoms with Crippen LogP contribution < -0.4 is 0 Å². The van der Waals surface area contributed by atoms with Crippen molar-refractivity contribution in [2.24, 2.45) is 0 Å². The minimum atomic E-state index is -1.51. The van der Waals surface area contributed by atoms with E-state index in [1.165, 1.54) is 225 Å². The van der Waals surface area contributed by atoms with Gasteiger partial charge in [0.2, 0.25) is 0 Å². The van der Waals surface area contributed by atoms with E-state index < -0.39 is 18.4 Å². The summed E-state index contributed by atoms with van der Waals surface area (Å²) in [4.78, 5) is 37.7. The Morgan fingerprint density at radius 1 is 0.323 bits per heavy atom. The monoisotopic (exact) mass is 1300 g/mol. The Morgan fingerprint density at radius 2 is 0.581 bits per heavy atom. The fraction of sp³-hybridized carbons (Fsp3) is 0.750. The largest absolute Gasteiger partial charge is 0.477 e. The molecule has 0 spiro atoms. The van der Waals surface area contributed by atoms with Gasteiger partial charge >= 0.3 is 17.9 Å². The zero-order valence-electron chi connectivity index (χ0n) is 61.4. The van der Waals surface area contributed by atoms with Crippen LogP contribution in [0.25, 0.3) is 0 Å². The van der Waals surface area contributed by atoms with Gasteiger partial charge < -0.3 is 28.5 Å². The van der Waals surface area contributed by atoms with E-state index in [-0.39, 0.29) is 38.2 Å². The fourth-order valence-corrected chi connectivity index (χ4v) is 11.2. The minimum Gasteiger partial charge on any atom is -0.477 e. The number of esters is 2. The number of carboxylic acids is 1. The first kappa shape index (κ1) is 89.0. The molecule has 0 fully saturated rings. The predicted molar refractivity (Wildman–Crippen MR) is 401 cm³/mol. The van der Waals surface area contributed by atoms with E-state index in [4.69, 9.17) is 18.9 Å². The lowest BCUT2D eigenvalue weighted by Gasteiger charge is -2.25. The summed E-state index contributed by atoms with van der Waals surface area (Å²) in [5, 5.41) is 9.77. The first-order chi connectivity index (χ1) is 45.6. The van der Waals surface area contributed by atoms with Gasteiger partial charge in [-0.25, -0.2) is 4.79 Å². The van der Waals surface area contributed by atoms with E-state index in [0.717, 1.165) is 96.3 Å². The molecule has 0 amide bonds. The molecule has 2 unspecified atom stereocenters. The van der Waals surface area contributed by atoms with Crippen LogP contribution in [0.1, 0.15) is 348 Å². The third-order valence-electron chi connectivity index (χ3n) is 17.0. The van der Waals surface area contributed by atoms with Crippen molar-refractivity contribution >= 4 is 17.9 Å². The van der Waals surface area contributed by atoms with Gasteiger partial charge in [-0.05, 0) is 96.3 Å². The Labute approximate surface area is 575 Å². The zero-order chi connectivity index (χ0) is 67.5. The molecule has 0 aromatic heterocycles. The Hall–Kier alpha value is -4.05. The number of aliphatic carboxylic acids is 1. The van der Waals surface area contributed by atoms with E-state index in [2.05, 4.69) is 123 Å². The number of hydrogen-bond acceptors (Lipinski definition) is 7. The lowest BCUT2D eigenvalue weighted by molar-refractivity contribution is -0.870. The molecule has 0 radical (unpaired) electrons.